The van der Waals surface area contributed by atoms with Gasteiger partial charge in [0.25, 0.3) is 5.91 Å². The maximum absolute atomic E-state index is 11.5. The lowest BCUT2D eigenvalue weighted by Gasteiger charge is -2.22. The van der Waals surface area contributed by atoms with Gasteiger partial charge in [0.15, 0.2) is 11.5 Å². The molecule has 3 aliphatic rings. The van der Waals surface area contributed by atoms with Gasteiger partial charge >= 0.3 is 0 Å². The number of carbonyl (C=O) groups is 1. The molecule has 0 unspecified atom stereocenters. The predicted molar refractivity (Wildman–Crippen MR) is 74.0 cm³/mol. The zero-order valence-corrected chi connectivity index (χ0v) is 12.4. The number of aliphatic hydroxyl groups excluding tert-OH is 1. The number of aliphatic hydroxyl groups is 1. The number of rotatable bonds is 0. The third-order valence-corrected chi connectivity index (χ3v) is 3.46. The molecular formula is C14H24N2O4. The first kappa shape index (κ1) is 15.1. The summed E-state index contributed by atoms with van der Waals surface area (Å²) < 4.78 is 10.7. The van der Waals surface area contributed by atoms with Gasteiger partial charge in [-0.25, -0.2) is 0 Å². The Morgan fingerprint density at radius 3 is 2.40 bits per heavy atom. The molecule has 2 atom stereocenters. The van der Waals surface area contributed by atoms with Crippen molar-refractivity contribution in [2.24, 2.45) is 0 Å². The standard InChI is InChI=1S/C9H13NO4.C5H11N/c1-4-5(11)6-7(8(12)10-4)14-9(2,3)13-6;1-2-4-6-5-3-1/h4,7,11H,1-3H3,(H,10,12);6H,1-5H2/t4-,7+;/m0./s1. The smallest absolute Gasteiger partial charge is 0.257 e. The number of hydrogen-bond acceptors (Lipinski definition) is 5. The average Bonchev–Trinajstić information content (AvgIpc) is 2.76. The van der Waals surface area contributed by atoms with Crippen molar-refractivity contribution in [3.05, 3.63) is 11.5 Å². The van der Waals surface area contributed by atoms with Crippen molar-refractivity contribution < 1.29 is 19.4 Å². The van der Waals surface area contributed by atoms with Gasteiger partial charge in [-0.3, -0.25) is 4.79 Å². The van der Waals surface area contributed by atoms with E-state index in [0.29, 0.717) is 0 Å². The lowest BCUT2D eigenvalue weighted by Crippen LogP contribution is -2.46. The first-order valence-electron chi connectivity index (χ1n) is 7.21. The van der Waals surface area contributed by atoms with Crippen molar-refractivity contribution in [3.8, 4) is 0 Å². The Morgan fingerprint density at radius 1 is 1.25 bits per heavy atom. The van der Waals surface area contributed by atoms with Gasteiger partial charge in [-0.1, -0.05) is 6.42 Å². The van der Waals surface area contributed by atoms with Crippen molar-refractivity contribution in [1.82, 2.24) is 10.6 Å². The third kappa shape index (κ3) is 3.43. The van der Waals surface area contributed by atoms with E-state index in [4.69, 9.17) is 9.47 Å². The van der Waals surface area contributed by atoms with E-state index in [1.807, 2.05) is 0 Å². The molecule has 0 aromatic heterocycles. The molecular weight excluding hydrogens is 260 g/mol. The van der Waals surface area contributed by atoms with E-state index in [0.717, 1.165) is 0 Å². The van der Waals surface area contributed by atoms with Crippen LogP contribution in [0.1, 0.15) is 40.0 Å². The minimum atomic E-state index is -0.852. The number of piperidine rings is 1. The number of amides is 1. The van der Waals surface area contributed by atoms with Crippen LogP contribution in [0.3, 0.4) is 0 Å². The summed E-state index contributed by atoms with van der Waals surface area (Å²) in [5.41, 5.74) is 0. The molecule has 2 saturated heterocycles. The van der Waals surface area contributed by atoms with Crippen LogP contribution in [0, 0.1) is 0 Å². The molecule has 20 heavy (non-hydrogen) atoms. The maximum Gasteiger partial charge on any atom is 0.257 e. The highest BCUT2D eigenvalue weighted by Crippen LogP contribution is 2.35. The lowest BCUT2D eigenvalue weighted by atomic mass is 10.1. The molecule has 0 spiro atoms. The summed E-state index contributed by atoms with van der Waals surface area (Å²) in [6, 6.07) is -0.411. The van der Waals surface area contributed by atoms with Crippen LogP contribution in [0.5, 0.6) is 0 Å². The highest BCUT2D eigenvalue weighted by molar-refractivity contribution is 5.86. The van der Waals surface area contributed by atoms with Crippen LogP contribution in [0.15, 0.2) is 11.5 Å². The van der Waals surface area contributed by atoms with Crippen LogP contribution in [0.2, 0.25) is 0 Å². The van der Waals surface area contributed by atoms with E-state index in [2.05, 4.69) is 10.6 Å². The Labute approximate surface area is 119 Å². The second-order valence-electron chi connectivity index (χ2n) is 5.79. The average molecular weight is 284 g/mol. The Kier molecular flexibility index (Phi) is 4.55. The number of hydrogen-bond donors (Lipinski definition) is 3. The van der Waals surface area contributed by atoms with E-state index < -0.39 is 17.9 Å². The van der Waals surface area contributed by atoms with Gasteiger partial charge in [-0.15, -0.1) is 0 Å². The molecule has 3 N–H and O–H groups in total. The SMILES string of the molecule is C1CCNCC1.C[C@@H]1NC(=O)[C@@H]2OC(C)(C)OC2=C1O. The van der Waals surface area contributed by atoms with Gasteiger partial charge in [0, 0.05) is 13.8 Å². The summed E-state index contributed by atoms with van der Waals surface area (Å²) in [5, 5.41) is 15.5. The minimum Gasteiger partial charge on any atom is -0.507 e. The normalized spacial score (nSPS) is 31.6. The Hall–Kier alpha value is -1.27. The monoisotopic (exact) mass is 284 g/mol. The van der Waals surface area contributed by atoms with Crippen molar-refractivity contribution in [2.45, 2.75) is 58.0 Å². The number of carbonyl (C=O) groups excluding carboxylic acids is 1. The molecule has 0 radical (unpaired) electrons. The largest absolute Gasteiger partial charge is 0.507 e. The Bertz CT molecular complexity index is 390. The fourth-order valence-electron chi connectivity index (χ4n) is 2.41. The van der Waals surface area contributed by atoms with Gasteiger partial charge in [-0.05, 0) is 32.9 Å². The molecule has 6 nitrogen and oxygen atoms in total. The summed E-state index contributed by atoms with van der Waals surface area (Å²) in [4.78, 5) is 11.5. The fourth-order valence-corrected chi connectivity index (χ4v) is 2.41. The molecule has 0 aromatic carbocycles. The quantitative estimate of drug-likeness (QED) is 0.622. The molecule has 0 aliphatic carbocycles. The zero-order valence-electron chi connectivity index (χ0n) is 12.4. The molecule has 3 aliphatic heterocycles. The molecule has 6 heteroatoms. The summed E-state index contributed by atoms with van der Waals surface area (Å²) in [6.07, 6.45) is 3.41. The number of ether oxygens (including phenoxy) is 2. The van der Waals surface area contributed by atoms with E-state index in [1.54, 1.807) is 20.8 Å². The summed E-state index contributed by atoms with van der Waals surface area (Å²) in [5.74, 6) is -0.836. The molecule has 114 valence electrons. The second-order valence-corrected chi connectivity index (χ2v) is 5.79. The predicted octanol–water partition coefficient (Wildman–Crippen LogP) is 1.19. The van der Waals surface area contributed by atoms with Gasteiger partial charge in [0.1, 0.15) is 0 Å². The summed E-state index contributed by atoms with van der Waals surface area (Å²) in [7, 11) is 0. The Balaban J connectivity index is 0.000000205. The van der Waals surface area contributed by atoms with Crippen LogP contribution in [-0.2, 0) is 14.3 Å². The third-order valence-electron chi connectivity index (χ3n) is 3.46. The van der Waals surface area contributed by atoms with Crippen molar-refractivity contribution >= 4 is 5.91 Å². The Morgan fingerprint density at radius 2 is 1.90 bits per heavy atom. The van der Waals surface area contributed by atoms with E-state index in [1.165, 1.54) is 32.4 Å². The van der Waals surface area contributed by atoms with Gasteiger partial charge < -0.3 is 25.2 Å². The van der Waals surface area contributed by atoms with E-state index in [9.17, 15) is 9.90 Å². The van der Waals surface area contributed by atoms with E-state index >= 15 is 0 Å². The lowest BCUT2D eigenvalue weighted by molar-refractivity contribution is -0.151. The van der Waals surface area contributed by atoms with Gasteiger partial charge in [0.2, 0.25) is 11.9 Å². The summed E-state index contributed by atoms with van der Waals surface area (Å²) >= 11 is 0. The van der Waals surface area contributed by atoms with Crippen LogP contribution in [0.4, 0.5) is 0 Å². The number of nitrogens with one attached hydrogen (secondary N) is 2. The maximum atomic E-state index is 11.5. The molecule has 0 aromatic rings. The van der Waals surface area contributed by atoms with Crippen LogP contribution >= 0.6 is 0 Å². The molecule has 0 bridgehead atoms. The van der Waals surface area contributed by atoms with Crippen LogP contribution in [0.25, 0.3) is 0 Å². The second kappa shape index (κ2) is 6.01. The molecule has 1 amide bonds. The topological polar surface area (TPSA) is 79.8 Å². The molecule has 2 fully saturated rings. The highest BCUT2D eigenvalue weighted by Gasteiger charge is 2.47. The molecule has 0 saturated carbocycles. The van der Waals surface area contributed by atoms with Gasteiger partial charge in [-0.2, -0.15) is 0 Å². The van der Waals surface area contributed by atoms with E-state index in [-0.39, 0.29) is 17.4 Å². The number of fused-ring (bicyclic) bond motifs is 1. The van der Waals surface area contributed by atoms with Crippen LogP contribution < -0.4 is 10.6 Å². The first-order chi connectivity index (χ1) is 9.41. The van der Waals surface area contributed by atoms with Crippen molar-refractivity contribution in [3.63, 3.8) is 0 Å². The first-order valence-corrected chi connectivity index (χ1v) is 7.21. The van der Waals surface area contributed by atoms with Crippen LogP contribution in [-0.4, -0.2) is 42.0 Å². The zero-order chi connectivity index (χ0) is 14.8. The van der Waals surface area contributed by atoms with Gasteiger partial charge in [0.05, 0.1) is 6.04 Å². The highest BCUT2D eigenvalue weighted by atomic mass is 16.8. The van der Waals surface area contributed by atoms with Crippen molar-refractivity contribution in [2.75, 3.05) is 13.1 Å². The molecule has 3 rings (SSSR count). The minimum absolute atomic E-state index is 0.0418. The van der Waals surface area contributed by atoms with Crippen molar-refractivity contribution in [1.29, 1.82) is 0 Å². The fraction of sp³-hybridized carbons (Fsp3) is 0.786. The summed E-state index contributed by atoms with van der Waals surface area (Å²) in [6.45, 7) is 7.58. The molecule has 3 heterocycles.